The van der Waals surface area contributed by atoms with E-state index in [0.717, 1.165) is 17.1 Å². The highest BCUT2D eigenvalue weighted by Crippen LogP contribution is 2.25. The second-order valence-corrected chi connectivity index (χ2v) is 19.6. The second kappa shape index (κ2) is 46.0. The van der Waals surface area contributed by atoms with Crippen molar-refractivity contribution in [3.8, 4) is 5.75 Å². The van der Waals surface area contributed by atoms with Crippen molar-refractivity contribution in [2.24, 2.45) is 11.7 Å². The number of phenolic OH excluding ortho intramolecular Hbond substituents is 1. The molecule has 1 heterocycles. The molecule has 8 amide bonds. The van der Waals surface area contributed by atoms with Crippen LogP contribution in [-0.4, -0.2) is 244 Å². The van der Waals surface area contributed by atoms with Gasteiger partial charge in [-0.3, -0.25) is 48.1 Å². The number of nitrogens with two attached hydrogens (primary N) is 1. The predicted octanol–water partition coefficient (Wildman–Crippen LogP) is -0.902. The fourth-order valence-electron chi connectivity index (χ4n) is 7.58. The lowest BCUT2D eigenvalue weighted by Gasteiger charge is -2.23. The minimum Gasteiger partial charge on any atom is -0.506 e. The Morgan fingerprint density at radius 2 is 1.01 bits per heavy atom. The maximum Gasteiger partial charge on any atom is 0.306 e. The number of aliphatic carboxylic acids is 1. The molecule has 29 nitrogen and oxygen atoms in total. The number of amides is 8. The molecule has 0 fully saturated rings. The normalized spacial score (nSPS) is 14.3. The molecule has 0 spiro atoms. The van der Waals surface area contributed by atoms with Crippen LogP contribution < -0.4 is 37.6 Å². The summed E-state index contributed by atoms with van der Waals surface area (Å²) in [5.74, 6) is -6.78. The number of anilines is 1. The maximum absolute atomic E-state index is 13.6. The summed E-state index contributed by atoms with van der Waals surface area (Å²) in [4.78, 5) is 115. The number of carbonyl (C=O) groups excluding carboxylic acids is 8. The number of nitrogens with one attached hydrogen (secondary N) is 6. The third-order valence-electron chi connectivity index (χ3n) is 12.4. The van der Waals surface area contributed by atoms with Crippen LogP contribution >= 0.6 is 0 Å². The summed E-state index contributed by atoms with van der Waals surface area (Å²) < 4.78 is 53.9. The van der Waals surface area contributed by atoms with E-state index in [9.17, 15) is 53.4 Å². The largest absolute Gasteiger partial charge is 0.506 e. The molecule has 0 saturated heterocycles. The van der Waals surface area contributed by atoms with Gasteiger partial charge in [0.2, 0.25) is 35.4 Å². The smallest absolute Gasteiger partial charge is 0.306 e. The Hall–Kier alpha value is -6.25. The Bertz CT molecular complexity index is 2170. The van der Waals surface area contributed by atoms with Gasteiger partial charge in [0, 0.05) is 44.8 Å². The highest BCUT2D eigenvalue weighted by atomic mass is 16.6. The Kier molecular flexibility index (Phi) is 40.5. The molecule has 1 aromatic carbocycles. The molecule has 2 rings (SSSR count). The molecular formula is C56H92N8O21. The van der Waals surface area contributed by atoms with Crippen molar-refractivity contribution in [2.45, 2.75) is 103 Å². The number of carbonyl (C=O) groups is 9. The fraction of sp³-hybridized carbons (Fsp3) is 0.696. The monoisotopic (exact) mass is 1210 g/mol. The fourth-order valence-corrected chi connectivity index (χ4v) is 7.58. The summed E-state index contributed by atoms with van der Waals surface area (Å²) in [6.07, 6.45) is 3.54. The Morgan fingerprint density at radius 3 is 1.48 bits per heavy atom. The van der Waals surface area contributed by atoms with Crippen LogP contribution in [0, 0.1) is 5.92 Å². The van der Waals surface area contributed by atoms with E-state index in [-0.39, 0.29) is 82.4 Å². The molecule has 0 bridgehead atoms. The van der Waals surface area contributed by atoms with Gasteiger partial charge in [-0.2, -0.15) is 0 Å². The SMILES string of the molecule is COCCOCCOCCOCCOCCOCCOCCOCCOCCOCC(=O)NCCCC[C@H](NC(=O)CCCN1C(=O)C=CC1=O)C(=O)N[C@@H](C)C(=O)N[C@@H](C)C(=O)N[C@@H](C)C(=O)Nc1cc(C[C@H](N)C[C@H](C)C(=O)O)ccc1O. The lowest BCUT2D eigenvalue weighted by atomic mass is 9.96. The third-order valence-corrected chi connectivity index (χ3v) is 12.4. The summed E-state index contributed by atoms with van der Waals surface area (Å²) in [6, 6.07) is -0.787. The van der Waals surface area contributed by atoms with E-state index in [4.69, 9.17) is 53.1 Å². The number of hydrogen-bond acceptors (Lipinski definition) is 21. The number of rotatable bonds is 52. The van der Waals surface area contributed by atoms with Gasteiger partial charge in [-0.1, -0.05) is 13.0 Å². The number of carboxylic acid groups (broad SMARTS) is 1. The number of carboxylic acids is 1. The number of benzene rings is 1. The highest BCUT2D eigenvalue weighted by Gasteiger charge is 2.28. The number of ether oxygens (including phenoxy) is 10. The van der Waals surface area contributed by atoms with Gasteiger partial charge >= 0.3 is 5.97 Å². The van der Waals surface area contributed by atoms with E-state index in [0.29, 0.717) is 124 Å². The molecule has 29 heteroatoms. The first-order chi connectivity index (χ1) is 40.8. The lowest BCUT2D eigenvalue weighted by Crippen LogP contribution is -2.56. The van der Waals surface area contributed by atoms with E-state index in [2.05, 4.69) is 31.9 Å². The van der Waals surface area contributed by atoms with Crippen molar-refractivity contribution in [3.05, 3.63) is 35.9 Å². The highest BCUT2D eigenvalue weighted by molar-refractivity contribution is 6.12. The van der Waals surface area contributed by atoms with Crippen LogP contribution in [0.3, 0.4) is 0 Å². The summed E-state index contributed by atoms with van der Waals surface area (Å²) >= 11 is 0. The van der Waals surface area contributed by atoms with Crippen molar-refractivity contribution in [3.63, 3.8) is 0 Å². The molecule has 0 unspecified atom stereocenters. The molecule has 1 aliphatic rings. The molecule has 0 aliphatic carbocycles. The molecule has 0 aromatic heterocycles. The van der Waals surface area contributed by atoms with Gasteiger partial charge in [-0.25, -0.2) is 0 Å². The molecule has 10 N–H and O–H groups in total. The van der Waals surface area contributed by atoms with Crippen molar-refractivity contribution in [1.29, 1.82) is 0 Å². The summed E-state index contributed by atoms with van der Waals surface area (Å²) in [5.41, 5.74) is 6.78. The Balaban J connectivity index is 1.65. The van der Waals surface area contributed by atoms with Crippen LogP contribution in [0.1, 0.15) is 71.8 Å². The van der Waals surface area contributed by atoms with E-state index in [1.54, 1.807) is 20.1 Å². The number of imide groups is 1. The lowest BCUT2D eigenvalue weighted by molar-refractivity contribution is -0.141. The summed E-state index contributed by atoms with van der Waals surface area (Å²) in [5, 5.41) is 35.0. The van der Waals surface area contributed by atoms with Gasteiger partial charge in [-0.05, 0) is 77.0 Å². The molecule has 1 aliphatic heterocycles. The van der Waals surface area contributed by atoms with Gasteiger partial charge in [-0.15, -0.1) is 0 Å². The van der Waals surface area contributed by atoms with Gasteiger partial charge in [0.1, 0.15) is 36.5 Å². The molecule has 482 valence electrons. The minimum atomic E-state index is -1.21. The number of aromatic hydroxyl groups is 1. The van der Waals surface area contributed by atoms with Crippen molar-refractivity contribution in [1.82, 2.24) is 31.5 Å². The molecular weight excluding hydrogens is 1120 g/mol. The average molecular weight is 1210 g/mol. The zero-order valence-corrected chi connectivity index (χ0v) is 49.8. The van der Waals surface area contributed by atoms with E-state index < -0.39 is 83.4 Å². The van der Waals surface area contributed by atoms with Gasteiger partial charge < -0.3 is 95.2 Å². The average Bonchev–Trinajstić information content (AvgIpc) is 4.04. The van der Waals surface area contributed by atoms with E-state index >= 15 is 0 Å². The molecule has 6 atom stereocenters. The molecule has 85 heavy (non-hydrogen) atoms. The standard InChI is InChI=1S/C56H92N8O21/c1-39(56(74)75)35-44(57)36-43-11-12-47(65)46(37-43)63-54(72)42(4)60-52(70)40(2)59-53(71)41(3)61-55(73)45(62-48(66)10-8-16-64-50(68)13-14-51(64)69)9-6-7-15-58-49(67)38-85-34-33-84-32-31-83-30-29-82-28-27-81-26-25-80-24-23-79-22-21-78-20-19-77-18-17-76-5/h11-14,37,39-42,44-45,65H,6-10,15-36,38,57H2,1-5H3,(H,58,67)(H,59,71)(H,60,70)(H,61,73)(H,62,66)(H,63,72)(H,74,75)/t39-,40-,41-,42-,44+,45-/m0/s1. The first-order valence-corrected chi connectivity index (χ1v) is 28.6. The molecule has 0 radical (unpaired) electrons. The van der Waals surface area contributed by atoms with Gasteiger partial charge in [0.05, 0.1) is 131 Å². The van der Waals surface area contributed by atoms with Crippen molar-refractivity contribution >= 4 is 58.9 Å². The number of methoxy groups -OCH3 is 1. The van der Waals surface area contributed by atoms with Gasteiger partial charge in [0.15, 0.2) is 0 Å². The number of unbranched alkanes of at least 4 members (excludes halogenated alkanes) is 1. The molecule has 0 saturated carbocycles. The minimum absolute atomic E-state index is 0.0174. The Morgan fingerprint density at radius 1 is 0.565 bits per heavy atom. The third kappa shape index (κ3) is 35.7. The first-order valence-electron chi connectivity index (χ1n) is 28.6. The second-order valence-electron chi connectivity index (χ2n) is 19.6. The number of nitrogens with zero attached hydrogens (tertiary/aromatic N) is 1. The summed E-state index contributed by atoms with van der Waals surface area (Å²) in [7, 11) is 1.62. The van der Waals surface area contributed by atoms with Crippen LogP contribution in [0.5, 0.6) is 5.75 Å². The van der Waals surface area contributed by atoms with Crippen molar-refractivity contribution < 1.29 is 101 Å². The van der Waals surface area contributed by atoms with Crippen LogP contribution in [0.25, 0.3) is 0 Å². The van der Waals surface area contributed by atoms with E-state index in [1.165, 1.54) is 32.9 Å². The van der Waals surface area contributed by atoms with Crippen LogP contribution in [0.15, 0.2) is 30.4 Å². The first kappa shape index (κ1) is 74.8. The number of hydrogen-bond donors (Lipinski definition) is 9. The van der Waals surface area contributed by atoms with Gasteiger partial charge in [0.25, 0.3) is 11.8 Å². The van der Waals surface area contributed by atoms with Crippen LogP contribution in [0.2, 0.25) is 0 Å². The quantitative estimate of drug-likeness (QED) is 0.0217. The predicted molar refractivity (Wildman–Crippen MR) is 306 cm³/mol. The molecule has 1 aromatic rings. The van der Waals surface area contributed by atoms with Crippen LogP contribution in [-0.2, 0) is 96.9 Å². The van der Waals surface area contributed by atoms with E-state index in [1.807, 2.05) is 0 Å². The number of phenols is 1. The summed E-state index contributed by atoms with van der Waals surface area (Å²) in [6.45, 7) is 13.2. The van der Waals surface area contributed by atoms with Crippen LogP contribution in [0.4, 0.5) is 5.69 Å². The zero-order chi connectivity index (χ0) is 62.6. The van der Waals surface area contributed by atoms with Crippen molar-refractivity contribution in [2.75, 3.05) is 151 Å². The zero-order valence-electron chi connectivity index (χ0n) is 49.8. The topological polar surface area (TPSA) is 388 Å². The Labute approximate surface area is 497 Å². The maximum atomic E-state index is 13.6.